The molecule has 0 aliphatic carbocycles. The van der Waals surface area contributed by atoms with Gasteiger partial charge in [0, 0.05) is 36.6 Å². The lowest BCUT2D eigenvalue weighted by molar-refractivity contribution is 0.399. The lowest BCUT2D eigenvalue weighted by atomic mass is 11.0. The third kappa shape index (κ3) is 121. The molecule has 0 radical (unpaired) electrons. The van der Waals surface area contributed by atoms with E-state index in [0.29, 0.717) is 0 Å². The lowest BCUT2D eigenvalue weighted by Gasteiger charge is -2.01. The van der Waals surface area contributed by atoms with Gasteiger partial charge in [0.25, 0.3) is 0 Å². The normalized spacial score (nSPS) is 11.9. The molecule has 0 heterocycles. The van der Waals surface area contributed by atoms with Gasteiger partial charge in [-0.2, -0.15) is 0 Å². The van der Waals surface area contributed by atoms with Crippen molar-refractivity contribution in [3.8, 4) is 0 Å². The number of hydrogen-bond acceptors (Lipinski definition) is 5. The summed E-state index contributed by atoms with van der Waals surface area (Å²) in [5, 5.41) is 7.00. The average Bonchev–Trinajstić information content (AvgIpc) is 2.58. The lowest BCUT2D eigenvalue weighted by Crippen LogP contribution is -1.74. The van der Waals surface area contributed by atoms with Gasteiger partial charge < -0.3 is 24.4 Å². The van der Waals surface area contributed by atoms with Gasteiger partial charge in [0.1, 0.15) is 15.0 Å². The minimum absolute atomic E-state index is 0.0761. The molecule has 0 saturated carbocycles. The predicted molar refractivity (Wildman–Crippen MR) is 125 cm³/mol. The maximum atomic E-state index is 7.00. The van der Waals surface area contributed by atoms with E-state index in [1.807, 2.05) is 13.3 Å². The van der Waals surface area contributed by atoms with Crippen molar-refractivity contribution in [2.24, 2.45) is 5.73 Å². The van der Waals surface area contributed by atoms with Crippen molar-refractivity contribution in [2.75, 3.05) is 68.3 Å². The van der Waals surface area contributed by atoms with E-state index in [1.54, 1.807) is 28.0 Å². The molecule has 3 unspecified atom stereocenters. The van der Waals surface area contributed by atoms with E-state index >= 15 is 0 Å². The second-order valence-corrected chi connectivity index (χ2v) is 14.6. The highest BCUT2D eigenvalue weighted by atomic mass is 35.9. The monoisotopic (exact) mass is 509 g/mol. The summed E-state index contributed by atoms with van der Waals surface area (Å²) >= 11 is 20.8. The van der Waals surface area contributed by atoms with Crippen molar-refractivity contribution in [3.63, 3.8) is 0 Å². The van der Waals surface area contributed by atoms with Crippen molar-refractivity contribution < 1.29 is 18.7 Å². The van der Waals surface area contributed by atoms with Crippen LogP contribution in [0.2, 0.25) is 0 Å². The van der Waals surface area contributed by atoms with Gasteiger partial charge in [0.05, 0.1) is 6.63 Å². The fourth-order valence-electron chi connectivity index (χ4n) is 0.129. The molecule has 0 aromatic carbocycles. The van der Waals surface area contributed by atoms with Crippen molar-refractivity contribution in [3.05, 3.63) is 0 Å². The first-order valence-electron chi connectivity index (χ1n) is 6.29. The quantitative estimate of drug-likeness (QED) is 0.402. The summed E-state index contributed by atoms with van der Waals surface area (Å²) in [6.45, 7) is 9.00. The summed E-state index contributed by atoms with van der Waals surface area (Å²) in [6, 6.07) is 0. The maximum absolute atomic E-state index is 7.00. The minimum Gasteiger partial charge on any atom is -0.400 e. The molecule has 0 aromatic heterocycles. The van der Waals surface area contributed by atoms with Crippen molar-refractivity contribution >= 4 is 74.7 Å². The van der Waals surface area contributed by atoms with E-state index in [2.05, 4.69) is 28.4 Å². The van der Waals surface area contributed by atoms with Gasteiger partial charge >= 0.3 is 0 Å². The minimum atomic E-state index is -0.676. The average molecular weight is 511 g/mol. The second-order valence-electron chi connectivity index (χ2n) is 2.74. The molecule has 3 N–H and O–H groups in total. The molecule has 0 spiro atoms. The summed E-state index contributed by atoms with van der Waals surface area (Å²) < 4.78 is 14.1. The first-order valence-corrected chi connectivity index (χ1v) is 17.0. The smallest absolute Gasteiger partial charge is 0.120 e. The van der Waals surface area contributed by atoms with Gasteiger partial charge in [0.15, 0.2) is 0 Å². The van der Waals surface area contributed by atoms with Gasteiger partial charge in [-0.15, -0.1) is 0 Å². The van der Waals surface area contributed by atoms with E-state index in [4.69, 9.17) is 54.6 Å². The topological polar surface area (TPSA) is 73.9 Å². The number of hydrogen-bond donors (Lipinski definition) is 2. The summed E-state index contributed by atoms with van der Waals surface area (Å²) in [5.41, 5.74) is 4.50. The van der Waals surface area contributed by atoms with Crippen LogP contribution in [0.15, 0.2) is 0 Å². The van der Waals surface area contributed by atoms with Crippen LogP contribution in [0.5, 0.6) is 0 Å². The third-order valence-corrected chi connectivity index (χ3v) is 4.61. The van der Waals surface area contributed by atoms with Gasteiger partial charge in [0.2, 0.25) is 0 Å². The predicted octanol–water partition coefficient (Wildman–Crippen LogP) is 6.90. The molecule has 13 heteroatoms. The zero-order valence-electron chi connectivity index (χ0n) is 16.3. The molecule has 0 aliphatic rings. The number of rotatable bonds is 4. The van der Waals surface area contributed by atoms with Crippen molar-refractivity contribution in [1.29, 1.82) is 0 Å². The Kier molecular flexibility index (Phi) is 76.8. The Morgan fingerprint density at radius 1 is 0.750 bits per heavy atom. The van der Waals surface area contributed by atoms with E-state index in [9.17, 15) is 0 Å². The van der Waals surface area contributed by atoms with Gasteiger partial charge in [-0.3, -0.25) is 0 Å². The highest BCUT2D eigenvalue weighted by Gasteiger charge is 1.88. The van der Waals surface area contributed by atoms with E-state index in [0.717, 1.165) is 7.11 Å². The van der Waals surface area contributed by atoms with Crippen LogP contribution in [0.3, 0.4) is 0 Å². The Hall–Kier alpha value is 2.68. The molecular formula is C11H35Cl4NO4P4. The number of aliphatic hydroxyl groups is 1. The molecule has 0 fully saturated rings. The third-order valence-electron chi connectivity index (χ3n) is 1.26. The Morgan fingerprint density at radius 2 is 0.917 bits per heavy atom. The Morgan fingerprint density at radius 3 is 0.917 bits per heavy atom. The Balaban J connectivity index is -0.0000000423. The van der Waals surface area contributed by atoms with Crippen LogP contribution in [0.1, 0.15) is 6.92 Å². The largest absolute Gasteiger partial charge is 0.400 e. The number of halogens is 4. The standard InChI is InChI=1S/C4H11OP.2C2H6ClOP.CH3Cl2P.CH5N.CH4O/c1-4-6(3)5-2;2*1-4-5(2)3;1-4(2)3;2*1-2/h4H2,1-3H3;2*1-2H3;1H3;2H2,1H3;2H,1H3. The molecule has 0 amide bonds. The highest BCUT2D eigenvalue weighted by Crippen LogP contribution is 2.41. The van der Waals surface area contributed by atoms with Crippen LogP contribution in [0.4, 0.5) is 0 Å². The van der Waals surface area contributed by atoms with Crippen LogP contribution in [-0.4, -0.2) is 73.4 Å². The van der Waals surface area contributed by atoms with E-state index in [1.165, 1.54) is 13.2 Å². The SMILES string of the molecule is CCP(C)OC.CN.CO.COP(C)Cl.COP(C)Cl.CP(Cl)Cl. The molecule has 0 bridgehead atoms. The number of aliphatic hydroxyl groups excluding tert-OH is 1. The zero-order chi connectivity index (χ0) is 21.1. The van der Waals surface area contributed by atoms with Crippen LogP contribution in [0, 0.1) is 0 Å². The second kappa shape index (κ2) is 44.8. The molecule has 0 saturated heterocycles. The Labute approximate surface area is 174 Å². The zero-order valence-corrected chi connectivity index (χ0v) is 22.9. The van der Waals surface area contributed by atoms with Crippen LogP contribution >= 0.6 is 74.7 Å². The van der Waals surface area contributed by atoms with Crippen LogP contribution < -0.4 is 5.73 Å². The van der Waals surface area contributed by atoms with Crippen LogP contribution in [-0.2, 0) is 13.6 Å². The van der Waals surface area contributed by atoms with Crippen molar-refractivity contribution in [1.82, 2.24) is 0 Å². The molecule has 0 aliphatic heterocycles. The van der Waals surface area contributed by atoms with Gasteiger partial charge in [-0.05, 0) is 39.9 Å². The molecule has 5 nitrogen and oxygen atoms in total. The van der Waals surface area contributed by atoms with Crippen LogP contribution in [0.25, 0.3) is 0 Å². The summed E-state index contributed by atoms with van der Waals surface area (Å²) in [5.74, 6) is 0. The summed E-state index contributed by atoms with van der Waals surface area (Å²) in [7, 11) is 6.12. The molecule has 0 rings (SSSR count). The fourth-order valence-corrected chi connectivity index (χ4v) is 0.387. The molecule has 3 atom stereocenters. The van der Waals surface area contributed by atoms with Gasteiger partial charge in [-0.25, -0.2) is 0 Å². The highest BCUT2D eigenvalue weighted by molar-refractivity contribution is 8.03. The fraction of sp³-hybridized carbons (Fsp3) is 1.00. The first kappa shape index (κ1) is 41.1. The molecular weight excluding hydrogens is 476 g/mol. The van der Waals surface area contributed by atoms with E-state index < -0.39 is 21.6 Å². The molecule has 0 aromatic rings. The van der Waals surface area contributed by atoms with E-state index in [-0.39, 0.29) is 8.15 Å². The maximum Gasteiger partial charge on any atom is 0.120 e. The summed E-state index contributed by atoms with van der Waals surface area (Å²) in [6.07, 6.45) is 1.17. The molecule has 24 heavy (non-hydrogen) atoms. The summed E-state index contributed by atoms with van der Waals surface area (Å²) in [4.78, 5) is 0. The Bertz CT molecular complexity index is 155. The number of nitrogens with two attached hydrogens (primary N) is 1. The van der Waals surface area contributed by atoms with Crippen molar-refractivity contribution in [2.45, 2.75) is 6.92 Å². The van der Waals surface area contributed by atoms with Gasteiger partial charge in [-0.1, -0.05) is 51.9 Å². The first-order chi connectivity index (χ1) is 11.1. The molecule has 156 valence electrons.